The van der Waals surface area contributed by atoms with E-state index in [0.717, 1.165) is 30.4 Å². The van der Waals surface area contributed by atoms with Crippen LogP contribution in [0.4, 0.5) is 4.39 Å². The molecule has 14 heavy (non-hydrogen) atoms. The first-order chi connectivity index (χ1) is 6.72. The zero-order valence-electron chi connectivity index (χ0n) is 8.09. The highest BCUT2D eigenvalue weighted by molar-refractivity contribution is 5.41. The van der Waals surface area contributed by atoms with Crippen LogP contribution in [0.25, 0.3) is 0 Å². The van der Waals surface area contributed by atoms with Gasteiger partial charge in [-0.25, -0.2) is 4.39 Å². The molecule has 0 spiro atoms. The fraction of sp³-hybridized carbons (Fsp3) is 0.333. The van der Waals surface area contributed by atoms with Gasteiger partial charge >= 0.3 is 0 Å². The van der Waals surface area contributed by atoms with Gasteiger partial charge in [0.05, 0.1) is 0 Å². The smallest absolute Gasteiger partial charge is 0.123 e. The number of hydrogen-bond donors (Lipinski definition) is 1. The van der Waals surface area contributed by atoms with Crippen LogP contribution in [0.3, 0.4) is 0 Å². The van der Waals surface area contributed by atoms with Crippen LogP contribution >= 0.6 is 0 Å². The zero-order chi connectivity index (χ0) is 10.1. The average Bonchev–Trinajstić information content (AvgIpc) is 2.62. The van der Waals surface area contributed by atoms with E-state index in [0.29, 0.717) is 0 Å². The van der Waals surface area contributed by atoms with Crippen LogP contribution in [0.15, 0.2) is 24.8 Å². The molecule has 0 amide bonds. The first-order valence-corrected chi connectivity index (χ1v) is 4.91. The third-order valence-electron chi connectivity index (χ3n) is 2.83. The summed E-state index contributed by atoms with van der Waals surface area (Å²) in [5, 5.41) is 0. The van der Waals surface area contributed by atoms with Crippen molar-refractivity contribution in [3.63, 3.8) is 0 Å². The van der Waals surface area contributed by atoms with Crippen molar-refractivity contribution in [2.75, 3.05) is 0 Å². The molecule has 0 fully saturated rings. The van der Waals surface area contributed by atoms with Gasteiger partial charge in [-0.2, -0.15) is 0 Å². The van der Waals surface area contributed by atoms with E-state index in [1.54, 1.807) is 12.1 Å². The van der Waals surface area contributed by atoms with Gasteiger partial charge in [-0.15, -0.1) is 6.58 Å². The van der Waals surface area contributed by atoms with Gasteiger partial charge in [-0.3, -0.25) is 0 Å². The summed E-state index contributed by atoms with van der Waals surface area (Å²) in [5.74, 6) is -0.182. The Hall–Kier alpha value is -1.15. The fourth-order valence-corrected chi connectivity index (χ4v) is 2.12. The van der Waals surface area contributed by atoms with E-state index < -0.39 is 0 Å². The van der Waals surface area contributed by atoms with Crippen LogP contribution in [0.2, 0.25) is 0 Å². The molecule has 0 saturated carbocycles. The van der Waals surface area contributed by atoms with E-state index in [2.05, 4.69) is 6.58 Å². The molecule has 1 aromatic rings. The molecule has 0 radical (unpaired) electrons. The predicted molar refractivity (Wildman–Crippen MR) is 55.6 cm³/mol. The minimum atomic E-state index is -0.238. The van der Waals surface area contributed by atoms with Crippen LogP contribution in [0.5, 0.6) is 0 Å². The molecular weight excluding hydrogens is 177 g/mol. The lowest BCUT2D eigenvalue weighted by Gasteiger charge is -2.12. The predicted octanol–water partition coefficient (Wildman–Crippen LogP) is 2.50. The Morgan fingerprint density at radius 3 is 2.93 bits per heavy atom. The van der Waals surface area contributed by atoms with Gasteiger partial charge in [0.1, 0.15) is 5.82 Å². The minimum absolute atomic E-state index is 0.182. The Balaban J connectivity index is 2.53. The molecule has 1 atom stereocenters. The van der Waals surface area contributed by atoms with Gasteiger partial charge < -0.3 is 5.73 Å². The number of benzene rings is 1. The summed E-state index contributed by atoms with van der Waals surface area (Å²) in [6.07, 6.45) is 4.76. The van der Waals surface area contributed by atoms with Crippen LogP contribution in [-0.4, -0.2) is 0 Å². The van der Waals surface area contributed by atoms with Gasteiger partial charge in [0.2, 0.25) is 0 Å². The molecule has 2 N–H and O–H groups in total. The number of hydrogen-bond acceptors (Lipinski definition) is 1. The molecule has 1 aromatic carbocycles. The van der Waals surface area contributed by atoms with Gasteiger partial charge in [-0.1, -0.05) is 6.08 Å². The minimum Gasteiger partial charge on any atom is -0.321 e. The van der Waals surface area contributed by atoms with Crippen molar-refractivity contribution in [3.8, 4) is 0 Å². The maximum atomic E-state index is 13.2. The molecule has 0 saturated heterocycles. The summed E-state index contributed by atoms with van der Waals surface area (Å²) in [6.45, 7) is 3.64. The normalized spacial score (nSPS) is 16.4. The fourth-order valence-electron chi connectivity index (χ4n) is 2.12. The van der Waals surface area contributed by atoms with E-state index >= 15 is 0 Å². The van der Waals surface area contributed by atoms with E-state index in [1.165, 1.54) is 11.6 Å². The Labute approximate surface area is 83.4 Å². The number of aryl methyl sites for hydroxylation is 1. The number of halogens is 1. The van der Waals surface area contributed by atoms with Crippen molar-refractivity contribution in [2.24, 2.45) is 5.73 Å². The summed E-state index contributed by atoms with van der Waals surface area (Å²) in [5.41, 5.74) is 9.12. The molecule has 2 heteroatoms. The second-order valence-corrected chi connectivity index (χ2v) is 3.75. The van der Waals surface area contributed by atoms with Crippen molar-refractivity contribution in [1.29, 1.82) is 0 Å². The Bertz CT molecular complexity index is 371. The van der Waals surface area contributed by atoms with Crippen molar-refractivity contribution in [3.05, 3.63) is 47.3 Å². The monoisotopic (exact) mass is 191 g/mol. The maximum absolute atomic E-state index is 13.2. The SMILES string of the molecule is C=C[C@H](N)c1cc(F)cc2c1CCC2. The van der Waals surface area contributed by atoms with Crippen LogP contribution in [0.1, 0.15) is 29.2 Å². The molecule has 2 rings (SSSR count). The molecule has 1 aliphatic rings. The van der Waals surface area contributed by atoms with E-state index in [4.69, 9.17) is 5.73 Å². The highest BCUT2D eigenvalue weighted by Gasteiger charge is 2.18. The van der Waals surface area contributed by atoms with Crippen molar-refractivity contribution in [2.45, 2.75) is 25.3 Å². The zero-order valence-corrected chi connectivity index (χ0v) is 8.09. The lowest BCUT2D eigenvalue weighted by atomic mass is 9.97. The third-order valence-corrected chi connectivity index (χ3v) is 2.83. The topological polar surface area (TPSA) is 26.0 Å². The standard InChI is InChI=1S/C12H14FN/c1-2-12(14)11-7-9(13)6-8-4-3-5-10(8)11/h2,6-7,12H,1,3-5,14H2/t12-/m0/s1. The lowest BCUT2D eigenvalue weighted by Crippen LogP contribution is -2.10. The highest BCUT2D eigenvalue weighted by Crippen LogP contribution is 2.29. The maximum Gasteiger partial charge on any atom is 0.123 e. The van der Waals surface area contributed by atoms with Gasteiger partial charge in [0.25, 0.3) is 0 Å². The molecule has 0 aliphatic heterocycles. The van der Waals surface area contributed by atoms with Gasteiger partial charge in [0, 0.05) is 6.04 Å². The summed E-state index contributed by atoms with van der Waals surface area (Å²) in [4.78, 5) is 0. The summed E-state index contributed by atoms with van der Waals surface area (Å²) < 4.78 is 13.2. The Morgan fingerprint density at radius 1 is 1.43 bits per heavy atom. The molecule has 74 valence electrons. The second kappa shape index (κ2) is 3.54. The van der Waals surface area contributed by atoms with Crippen LogP contribution in [-0.2, 0) is 12.8 Å². The van der Waals surface area contributed by atoms with Crippen LogP contribution in [0, 0.1) is 5.82 Å². The molecular formula is C12H14FN. The van der Waals surface area contributed by atoms with Gasteiger partial charge in [-0.05, 0) is 48.1 Å². The number of fused-ring (bicyclic) bond motifs is 1. The van der Waals surface area contributed by atoms with Crippen LogP contribution < -0.4 is 5.73 Å². The van der Waals surface area contributed by atoms with E-state index in [-0.39, 0.29) is 11.9 Å². The van der Waals surface area contributed by atoms with E-state index in [1.807, 2.05) is 0 Å². The molecule has 0 heterocycles. The molecule has 1 nitrogen and oxygen atoms in total. The molecule has 1 aliphatic carbocycles. The van der Waals surface area contributed by atoms with E-state index in [9.17, 15) is 4.39 Å². The van der Waals surface area contributed by atoms with Gasteiger partial charge in [0.15, 0.2) is 0 Å². The average molecular weight is 191 g/mol. The summed E-state index contributed by atoms with van der Waals surface area (Å²) >= 11 is 0. The largest absolute Gasteiger partial charge is 0.321 e. The van der Waals surface area contributed by atoms with Crippen molar-refractivity contribution >= 4 is 0 Å². The molecule has 0 bridgehead atoms. The molecule has 0 unspecified atom stereocenters. The third kappa shape index (κ3) is 1.46. The summed E-state index contributed by atoms with van der Waals surface area (Å²) in [6, 6.07) is 2.93. The number of rotatable bonds is 2. The Kier molecular flexibility index (Phi) is 2.38. The number of nitrogens with two attached hydrogens (primary N) is 1. The Morgan fingerprint density at radius 2 is 2.21 bits per heavy atom. The van der Waals surface area contributed by atoms with Crippen molar-refractivity contribution < 1.29 is 4.39 Å². The highest BCUT2D eigenvalue weighted by atomic mass is 19.1. The molecule has 0 aromatic heterocycles. The van der Waals surface area contributed by atoms with Crippen molar-refractivity contribution in [1.82, 2.24) is 0 Å². The summed E-state index contributed by atoms with van der Waals surface area (Å²) in [7, 11) is 0. The first-order valence-electron chi connectivity index (χ1n) is 4.91. The second-order valence-electron chi connectivity index (χ2n) is 3.75. The lowest BCUT2D eigenvalue weighted by molar-refractivity contribution is 0.621. The first kappa shape index (κ1) is 9.41. The quantitative estimate of drug-likeness (QED) is 0.714.